The summed E-state index contributed by atoms with van der Waals surface area (Å²) in [7, 11) is 0. The lowest BCUT2D eigenvalue weighted by Crippen LogP contribution is -2.34. The topological polar surface area (TPSA) is 0 Å². The summed E-state index contributed by atoms with van der Waals surface area (Å²) in [5, 5.41) is 2.81. The molecular formula is C40H26Br2S6. The zero-order chi connectivity index (χ0) is 32.7. The Morgan fingerprint density at radius 2 is 0.729 bits per heavy atom. The van der Waals surface area contributed by atoms with E-state index >= 15 is 0 Å². The molecule has 8 heteroatoms. The first-order chi connectivity index (χ1) is 23.2. The molecule has 48 heavy (non-hydrogen) atoms. The molecule has 0 bridgehead atoms. The van der Waals surface area contributed by atoms with Crippen molar-refractivity contribution < 1.29 is 0 Å². The van der Waals surface area contributed by atoms with Crippen molar-refractivity contribution in [1.29, 1.82) is 0 Å². The van der Waals surface area contributed by atoms with Gasteiger partial charge in [-0.25, -0.2) is 0 Å². The summed E-state index contributed by atoms with van der Waals surface area (Å²) in [6, 6.07) is 33.5. The van der Waals surface area contributed by atoms with Gasteiger partial charge in [-0.2, -0.15) is 0 Å². The molecule has 0 amide bonds. The van der Waals surface area contributed by atoms with Gasteiger partial charge in [0.25, 0.3) is 0 Å². The van der Waals surface area contributed by atoms with Crippen molar-refractivity contribution in [1.82, 2.24) is 0 Å². The third kappa shape index (κ3) is 3.89. The van der Waals surface area contributed by atoms with Crippen LogP contribution in [0.5, 0.6) is 0 Å². The van der Waals surface area contributed by atoms with Crippen LogP contribution in [0.3, 0.4) is 0 Å². The Morgan fingerprint density at radius 3 is 1.02 bits per heavy atom. The minimum atomic E-state index is -0.405. The third-order valence-electron chi connectivity index (χ3n) is 10.1. The van der Waals surface area contributed by atoms with Gasteiger partial charge >= 0.3 is 0 Å². The van der Waals surface area contributed by atoms with Crippen LogP contribution in [-0.2, 0) is 10.8 Å². The van der Waals surface area contributed by atoms with Gasteiger partial charge in [0.2, 0.25) is 0 Å². The summed E-state index contributed by atoms with van der Waals surface area (Å²) in [5.41, 5.74) is 7.48. The quantitative estimate of drug-likeness (QED) is 0.165. The summed E-state index contributed by atoms with van der Waals surface area (Å²) in [5.74, 6) is 0. The number of thiophene rings is 6. The Hall–Kier alpha value is -2.14. The van der Waals surface area contributed by atoms with Crippen molar-refractivity contribution >= 4 is 111 Å². The van der Waals surface area contributed by atoms with Crippen molar-refractivity contribution in [3.63, 3.8) is 0 Å². The molecule has 0 N–H and O–H groups in total. The molecule has 2 aromatic carbocycles. The van der Waals surface area contributed by atoms with Crippen LogP contribution in [0.15, 0.2) is 92.5 Å². The van der Waals surface area contributed by atoms with E-state index in [4.69, 9.17) is 0 Å². The van der Waals surface area contributed by atoms with Crippen LogP contribution in [0.1, 0.15) is 61.3 Å². The van der Waals surface area contributed by atoms with Gasteiger partial charge in [0.1, 0.15) is 0 Å². The lowest BCUT2D eigenvalue weighted by atomic mass is 9.62. The van der Waals surface area contributed by atoms with E-state index in [1.807, 2.05) is 68.0 Å². The molecule has 0 radical (unpaired) electrons. The average Bonchev–Trinajstić information content (AvgIpc) is 3.91. The predicted molar refractivity (Wildman–Crippen MR) is 220 cm³/mol. The van der Waals surface area contributed by atoms with Gasteiger partial charge < -0.3 is 0 Å². The van der Waals surface area contributed by atoms with E-state index in [0.717, 1.165) is 0 Å². The van der Waals surface area contributed by atoms with Crippen molar-refractivity contribution in [3.05, 3.63) is 154 Å². The average molecular weight is 859 g/mol. The summed E-state index contributed by atoms with van der Waals surface area (Å²) >= 11 is 19.5. The van der Waals surface area contributed by atoms with E-state index in [-0.39, 0.29) is 0 Å². The molecule has 8 aromatic rings. The van der Waals surface area contributed by atoms with Crippen LogP contribution < -0.4 is 0 Å². The number of fused-ring (bicyclic) bond motifs is 4. The standard InChI is InChI=1S/C40H26Br2S6/c1-19-5-13-29(43-19)39(30-14-6-20(2)44-30)25-11-9-24-36-26(12-10-23(35(25)36)37-27(39)17-33(41)47-37)40(31-15-7-21(3)45-31,32-16-8-22(4)46-32)28-18-34(42)48-38(24)28/h5-18H,1-4H3. The van der Waals surface area contributed by atoms with Crippen LogP contribution >= 0.6 is 99.9 Å². The van der Waals surface area contributed by atoms with E-state index < -0.39 is 10.8 Å². The summed E-state index contributed by atoms with van der Waals surface area (Å²) < 4.78 is 2.36. The first-order valence-electron chi connectivity index (χ1n) is 15.7. The molecule has 236 valence electrons. The van der Waals surface area contributed by atoms with Crippen LogP contribution in [0.25, 0.3) is 31.7 Å². The molecule has 2 aliphatic carbocycles. The Bertz CT molecular complexity index is 2350. The van der Waals surface area contributed by atoms with Crippen LogP contribution in [0, 0.1) is 27.7 Å². The SMILES string of the molecule is Cc1ccc(C2(c3ccc(C)s3)c3cc(Br)sc3-c3ccc4c5c(ccc2c35)-c2sc(Br)cc2C4(c2ccc(C)s2)c2ccc(C)s2)s1. The van der Waals surface area contributed by atoms with Crippen molar-refractivity contribution in [2.75, 3.05) is 0 Å². The van der Waals surface area contributed by atoms with Gasteiger partial charge in [0, 0.05) is 59.9 Å². The summed E-state index contributed by atoms with van der Waals surface area (Å²) in [6.45, 7) is 8.98. The molecule has 0 nitrogen and oxygen atoms in total. The van der Waals surface area contributed by atoms with E-state index in [0.29, 0.717) is 0 Å². The monoisotopic (exact) mass is 856 g/mol. The molecule has 0 saturated carbocycles. The number of halogens is 2. The molecule has 0 spiro atoms. The molecule has 2 aliphatic rings. The van der Waals surface area contributed by atoms with Crippen molar-refractivity contribution in [2.45, 2.75) is 38.5 Å². The lowest BCUT2D eigenvalue weighted by molar-refractivity contribution is 0.780. The highest BCUT2D eigenvalue weighted by atomic mass is 79.9. The first-order valence-corrected chi connectivity index (χ1v) is 22.2. The third-order valence-corrected chi connectivity index (χ3v) is 17.9. The molecule has 0 atom stereocenters. The maximum absolute atomic E-state index is 3.98. The second kappa shape index (κ2) is 10.7. The molecule has 6 aromatic heterocycles. The molecule has 0 unspecified atom stereocenters. The highest BCUT2D eigenvalue weighted by Gasteiger charge is 2.52. The minimum absolute atomic E-state index is 0.405. The van der Waals surface area contributed by atoms with Gasteiger partial charge in [0.15, 0.2) is 0 Å². The second-order valence-electron chi connectivity index (χ2n) is 12.8. The number of benzene rings is 2. The number of aryl methyl sites for hydroxylation is 4. The van der Waals surface area contributed by atoms with Crippen molar-refractivity contribution in [3.8, 4) is 20.9 Å². The maximum atomic E-state index is 3.98. The highest BCUT2D eigenvalue weighted by molar-refractivity contribution is 9.11. The molecule has 0 saturated heterocycles. The molecule has 0 fully saturated rings. The van der Waals surface area contributed by atoms with E-state index in [1.54, 1.807) is 0 Å². The molecule has 10 rings (SSSR count). The molecule has 0 aliphatic heterocycles. The van der Waals surface area contributed by atoms with Crippen molar-refractivity contribution in [2.24, 2.45) is 0 Å². The van der Waals surface area contributed by atoms with E-state index in [9.17, 15) is 0 Å². The van der Waals surface area contributed by atoms with Gasteiger partial charge in [0.05, 0.1) is 18.4 Å². The minimum Gasteiger partial charge on any atom is -0.144 e. The number of rotatable bonds is 4. The smallest absolute Gasteiger partial charge is 0.0908 e. The van der Waals surface area contributed by atoms with Gasteiger partial charge in [-0.15, -0.1) is 68.0 Å². The van der Waals surface area contributed by atoms with Crippen LogP contribution in [-0.4, -0.2) is 0 Å². The summed E-state index contributed by atoms with van der Waals surface area (Å²) in [6.07, 6.45) is 0. The largest absolute Gasteiger partial charge is 0.144 e. The van der Waals surface area contributed by atoms with E-state index in [1.165, 1.54) is 100 Å². The summed E-state index contributed by atoms with van der Waals surface area (Å²) in [4.78, 5) is 13.7. The van der Waals surface area contributed by atoms with Crippen LogP contribution in [0.2, 0.25) is 0 Å². The normalized spacial score (nSPS) is 15.2. The van der Waals surface area contributed by atoms with Gasteiger partial charge in [-0.3, -0.25) is 0 Å². The lowest BCUT2D eigenvalue weighted by Gasteiger charge is -2.42. The highest BCUT2D eigenvalue weighted by Crippen LogP contribution is 2.65. The van der Waals surface area contributed by atoms with E-state index in [2.05, 4.69) is 144 Å². The number of hydrogen-bond acceptors (Lipinski definition) is 6. The zero-order valence-electron chi connectivity index (χ0n) is 26.3. The molecule has 6 heterocycles. The fourth-order valence-electron chi connectivity index (χ4n) is 8.32. The maximum Gasteiger partial charge on any atom is 0.0908 e. The first kappa shape index (κ1) is 30.7. The molecular weight excluding hydrogens is 833 g/mol. The second-order valence-corrected chi connectivity index (χ2v) is 22.8. The number of hydrogen-bond donors (Lipinski definition) is 0. The zero-order valence-corrected chi connectivity index (χ0v) is 34.4. The Labute approximate surface area is 320 Å². The fraction of sp³-hybridized carbons (Fsp3) is 0.150. The Kier molecular flexibility index (Phi) is 6.83. The van der Waals surface area contributed by atoms with Gasteiger partial charge in [-0.05, 0) is 153 Å². The predicted octanol–water partition coefficient (Wildman–Crippen LogP) is 14.7. The van der Waals surface area contributed by atoms with Gasteiger partial charge in [-0.1, -0.05) is 24.3 Å². The van der Waals surface area contributed by atoms with Crippen LogP contribution in [0.4, 0.5) is 0 Å². The Morgan fingerprint density at radius 1 is 0.396 bits per heavy atom. The fourth-order valence-corrected chi connectivity index (χ4v) is 16.2. The Balaban J connectivity index is 1.45.